The van der Waals surface area contributed by atoms with E-state index in [2.05, 4.69) is 20.3 Å². The molecule has 2 aliphatic heterocycles. The minimum Gasteiger partial charge on any atom is -0.312 e. The van der Waals surface area contributed by atoms with Crippen LogP contribution in [0.5, 0.6) is 0 Å². The molecule has 0 bridgehead atoms. The first kappa shape index (κ1) is 10.2. The number of aromatic nitrogens is 3. The predicted molar refractivity (Wildman–Crippen MR) is 60.8 cm³/mol. The van der Waals surface area contributed by atoms with Gasteiger partial charge in [-0.2, -0.15) is 5.10 Å². The molecule has 3 rings (SSSR count). The quantitative estimate of drug-likeness (QED) is 0.763. The van der Waals surface area contributed by atoms with Crippen LogP contribution < -0.4 is 5.32 Å². The number of likely N-dealkylation sites (tertiary alicyclic amines) is 1. The van der Waals surface area contributed by atoms with Crippen LogP contribution in [0.25, 0.3) is 0 Å². The molecule has 0 saturated carbocycles. The van der Waals surface area contributed by atoms with Crippen molar-refractivity contribution in [3.63, 3.8) is 0 Å². The lowest BCUT2D eigenvalue weighted by atomic mass is 9.94. The van der Waals surface area contributed by atoms with Gasteiger partial charge in [0.15, 0.2) is 0 Å². The maximum absolute atomic E-state index is 4.29. The van der Waals surface area contributed by atoms with Gasteiger partial charge in [-0.15, -0.1) is 0 Å². The lowest BCUT2D eigenvalue weighted by molar-refractivity contribution is 0.300. The monoisotopic (exact) mass is 221 g/mol. The Labute approximate surface area is 95.8 Å². The Hall–Kier alpha value is -0.940. The smallest absolute Gasteiger partial charge is 0.140 e. The van der Waals surface area contributed by atoms with Crippen LogP contribution in [0.2, 0.25) is 0 Å². The molecule has 0 amide bonds. The number of hydrogen-bond donors (Lipinski definition) is 1. The zero-order valence-corrected chi connectivity index (χ0v) is 9.76. The maximum atomic E-state index is 4.29. The molecule has 16 heavy (non-hydrogen) atoms. The van der Waals surface area contributed by atoms with Crippen LogP contribution in [0.15, 0.2) is 6.33 Å². The molecule has 2 atom stereocenters. The van der Waals surface area contributed by atoms with E-state index in [1.165, 1.54) is 25.9 Å². The van der Waals surface area contributed by atoms with Crippen LogP contribution in [0, 0.1) is 5.92 Å². The van der Waals surface area contributed by atoms with Crippen LogP contribution in [-0.4, -0.2) is 45.3 Å². The highest BCUT2D eigenvalue weighted by molar-refractivity contribution is 4.94. The van der Waals surface area contributed by atoms with Gasteiger partial charge in [0.1, 0.15) is 12.2 Å². The molecule has 0 aromatic carbocycles. The number of aryl methyl sites for hydroxylation is 1. The number of hydrogen-bond acceptors (Lipinski definition) is 4. The second kappa shape index (κ2) is 4.14. The minimum absolute atomic E-state index is 0.710. The number of fused-ring (bicyclic) bond motifs is 1. The summed E-state index contributed by atoms with van der Waals surface area (Å²) in [5, 5.41) is 7.73. The zero-order chi connectivity index (χ0) is 11.0. The van der Waals surface area contributed by atoms with Crippen molar-refractivity contribution in [2.24, 2.45) is 13.0 Å². The van der Waals surface area contributed by atoms with Crippen molar-refractivity contribution in [2.45, 2.75) is 25.4 Å². The second-order valence-corrected chi connectivity index (χ2v) is 4.96. The summed E-state index contributed by atoms with van der Waals surface area (Å²) in [6.45, 7) is 4.51. The third-order valence-electron chi connectivity index (χ3n) is 3.85. The second-order valence-electron chi connectivity index (χ2n) is 4.96. The van der Waals surface area contributed by atoms with Gasteiger partial charge < -0.3 is 5.32 Å². The maximum Gasteiger partial charge on any atom is 0.140 e. The SMILES string of the molecule is Cn1ncnc1CN1C[C@@H]2CCCN[C@@H]2C1. The summed E-state index contributed by atoms with van der Waals surface area (Å²) in [6.07, 6.45) is 4.35. The molecule has 5 heteroatoms. The van der Waals surface area contributed by atoms with Gasteiger partial charge >= 0.3 is 0 Å². The van der Waals surface area contributed by atoms with Crippen LogP contribution >= 0.6 is 0 Å². The van der Waals surface area contributed by atoms with E-state index >= 15 is 0 Å². The molecule has 2 fully saturated rings. The molecule has 0 radical (unpaired) electrons. The number of rotatable bonds is 2. The summed E-state index contributed by atoms with van der Waals surface area (Å²) >= 11 is 0. The first-order chi connectivity index (χ1) is 7.83. The predicted octanol–water partition coefficient (Wildman–Crippen LogP) is -0.00110. The molecule has 3 heterocycles. The summed E-state index contributed by atoms with van der Waals surface area (Å²) < 4.78 is 1.87. The third-order valence-corrected chi connectivity index (χ3v) is 3.85. The lowest BCUT2D eigenvalue weighted by Crippen LogP contribution is -2.40. The number of piperidine rings is 1. The van der Waals surface area contributed by atoms with Gasteiger partial charge in [-0.3, -0.25) is 9.58 Å². The van der Waals surface area contributed by atoms with Crippen LogP contribution in [0.3, 0.4) is 0 Å². The Balaban J connectivity index is 1.63. The van der Waals surface area contributed by atoms with E-state index in [1.807, 2.05) is 11.7 Å². The van der Waals surface area contributed by atoms with E-state index in [-0.39, 0.29) is 0 Å². The van der Waals surface area contributed by atoms with E-state index in [9.17, 15) is 0 Å². The van der Waals surface area contributed by atoms with E-state index in [4.69, 9.17) is 0 Å². The average molecular weight is 221 g/mol. The number of nitrogens with zero attached hydrogens (tertiary/aromatic N) is 4. The fraction of sp³-hybridized carbons (Fsp3) is 0.818. The normalized spacial score (nSPS) is 30.6. The summed E-state index contributed by atoms with van der Waals surface area (Å²) in [6, 6.07) is 0.710. The van der Waals surface area contributed by atoms with Crippen molar-refractivity contribution in [3.05, 3.63) is 12.2 Å². The fourth-order valence-corrected chi connectivity index (χ4v) is 2.93. The van der Waals surface area contributed by atoms with Crippen molar-refractivity contribution in [1.29, 1.82) is 0 Å². The molecule has 0 aliphatic carbocycles. The Morgan fingerprint density at radius 2 is 2.44 bits per heavy atom. The van der Waals surface area contributed by atoms with E-state index in [1.54, 1.807) is 6.33 Å². The highest BCUT2D eigenvalue weighted by Crippen LogP contribution is 2.25. The van der Waals surface area contributed by atoms with E-state index < -0.39 is 0 Å². The first-order valence-electron chi connectivity index (χ1n) is 6.11. The third kappa shape index (κ3) is 1.85. The first-order valence-corrected chi connectivity index (χ1v) is 6.11. The largest absolute Gasteiger partial charge is 0.312 e. The molecule has 2 aliphatic rings. The van der Waals surface area contributed by atoms with Crippen molar-refractivity contribution >= 4 is 0 Å². The van der Waals surface area contributed by atoms with Crippen molar-refractivity contribution < 1.29 is 0 Å². The highest BCUT2D eigenvalue weighted by Gasteiger charge is 2.34. The Bertz CT molecular complexity index is 347. The van der Waals surface area contributed by atoms with E-state index in [0.29, 0.717) is 6.04 Å². The molecule has 2 saturated heterocycles. The highest BCUT2D eigenvalue weighted by atomic mass is 15.3. The van der Waals surface area contributed by atoms with Crippen molar-refractivity contribution in [2.75, 3.05) is 19.6 Å². The van der Waals surface area contributed by atoms with Gasteiger partial charge in [0.05, 0.1) is 6.54 Å². The lowest BCUT2D eigenvalue weighted by Gasteiger charge is -2.24. The molecular formula is C11H19N5. The van der Waals surface area contributed by atoms with Crippen LogP contribution in [0.1, 0.15) is 18.7 Å². The Kier molecular flexibility index (Phi) is 2.65. The summed E-state index contributed by atoms with van der Waals surface area (Å²) in [4.78, 5) is 6.78. The van der Waals surface area contributed by atoms with Gasteiger partial charge in [-0.05, 0) is 25.3 Å². The minimum atomic E-state index is 0.710. The van der Waals surface area contributed by atoms with Gasteiger partial charge in [-0.25, -0.2) is 4.98 Å². The van der Waals surface area contributed by atoms with Gasteiger partial charge in [0.2, 0.25) is 0 Å². The Morgan fingerprint density at radius 3 is 3.19 bits per heavy atom. The summed E-state index contributed by atoms with van der Waals surface area (Å²) in [5.74, 6) is 1.92. The summed E-state index contributed by atoms with van der Waals surface area (Å²) in [7, 11) is 1.96. The molecular weight excluding hydrogens is 202 g/mol. The molecule has 0 unspecified atom stereocenters. The topological polar surface area (TPSA) is 46.0 Å². The molecule has 1 aromatic rings. The molecule has 1 N–H and O–H groups in total. The fourth-order valence-electron chi connectivity index (χ4n) is 2.93. The zero-order valence-electron chi connectivity index (χ0n) is 9.76. The van der Waals surface area contributed by atoms with Crippen molar-refractivity contribution in [3.8, 4) is 0 Å². The van der Waals surface area contributed by atoms with Gasteiger partial charge in [0.25, 0.3) is 0 Å². The average Bonchev–Trinajstić information content (AvgIpc) is 2.85. The summed E-state index contributed by atoms with van der Waals surface area (Å²) in [5.41, 5.74) is 0. The van der Waals surface area contributed by atoms with Gasteiger partial charge in [0, 0.05) is 26.2 Å². The molecule has 0 spiro atoms. The van der Waals surface area contributed by atoms with Crippen LogP contribution in [0.4, 0.5) is 0 Å². The van der Waals surface area contributed by atoms with Crippen LogP contribution in [-0.2, 0) is 13.6 Å². The molecule has 5 nitrogen and oxygen atoms in total. The Morgan fingerprint density at radius 1 is 1.50 bits per heavy atom. The number of nitrogens with one attached hydrogen (secondary N) is 1. The van der Waals surface area contributed by atoms with Gasteiger partial charge in [-0.1, -0.05) is 0 Å². The van der Waals surface area contributed by atoms with E-state index in [0.717, 1.165) is 24.8 Å². The molecule has 1 aromatic heterocycles. The standard InChI is InChI=1S/C11H19N5/c1-15-11(13-8-14-15)7-16-5-9-3-2-4-12-10(9)6-16/h8-10,12H,2-7H2,1H3/t9-,10+/m0/s1. The molecule has 88 valence electrons. The van der Waals surface area contributed by atoms with Crippen molar-refractivity contribution in [1.82, 2.24) is 25.0 Å².